The van der Waals surface area contributed by atoms with Crippen LogP contribution in [-0.4, -0.2) is 37.4 Å². The molecule has 0 fully saturated rings. The fraction of sp³-hybridized carbons (Fsp3) is 0.00763. The summed E-state index contributed by atoms with van der Waals surface area (Å²) in [7, 11) is 0. The second-order valence-corrected chi connectivity index (χ2v) is 37.1. The van der Waals surface area contributed by atoms with Crippen LogP contribution in [0.1, 0.15) is 22.3 Å². The Labute approximate surface area is 800 Å². The molecule has 0 saturated carbocycles. The monoisotopic (exact) mass is 1770 g/mol. The third kappa shape index (κ3) is 12.1. The standard InChI is InChI=1S/C131H82N8/c1-7-29-83(30-8-1)92-70-93(84-31-9-2-10-32-84)72-94(71-92)85-33-27-34-90(69-85)116-82-117-91-35-28-44-103(73-91)138-126-76-88(86-55-65-122-112(74-86)104-45-19-23-49-118(104)134(122)99-36-11-3-12-37-99)53-61-108(126)110-63-57-97(80-128(110)138)131(95-59-67-124-114(78-95)106-47-21-25-51-120(106)136(124)101-40-15-5-16-41-101,96-60-68-125-115(79-96)107-48-22-26-52-121(107)137(125)102-42-17-6-18-43-102)98-58-64-111-109-62-54-89(77-127(109)139(129(111)81-98)130(132-116)133-117)87-56-66-123-113(75-87)105-46-20-24-50-119(105)135(123)100-38-13-4-14-39-100/h1-82H. The van der Waals surface area contributed by atoms with Crippen molar-refractivity contribution in [1.82, 2.24) is 37.4 Å². The Bertz CT molecular complexity index is 9730. The minimum absolute atomic E-state index is 0.532. The first-order chi connectivity index (χ1) is 68.9. The van der Waals surface area contributed by atoms with E-state index in [0.717, 1.165) is 233 Å². The lowest BCUT2D eigenvalue weighted by Gasteiger charge is -2.37. The number of fused-ring (bicyclic) bond motifs is 27. The molecule has 0 aliphatic carbocycles. The summed E-state index contributed by atoms with van der Waals surface area (Å²) >= 11 is 0. The maximum Gasteiger partial charge on any atom is 0.235 e. The normalized spacial score (nSPS) is 12.5. The van der Waals surface area contributed by atoms with Crippen LogP contribution in [-0.2, 0) is 5.41 Å². The summed E-state index contributed by atoms with van der Waals surface area (Å²) in [5, 5.41) is 13.8. The SMILES string of the molecule is c1ccc(-c2cc(-c3ccccc3)cc(-c3cccc(-c4cc5nc(n4)-n4c6cc(-c7ccc8c(c7)c7ccccc7n8-c7ccccc7)ccc6c6ccc(cc64)C(c4ccc6c(c4)c4ccccc4n6-c4ccccc4)(c4ccc6c(c4)c4ccccc4n6-c4ccccc4)c4ccc6c7ccc(-c8ccc9c(c8)c8ccccc8n9-c8ccccc8)cc7n(c6c4)-c4cccc-5c4)c3)c2)cc1. The Balaban J connectivity index is 0.746. The Hall–Kier alpha value is -18.5. The quantitative estimate of drug-likeness (QED) is 0.122. The van der Waals surface area contributed by atoms with Gasteiger partial charge in [-0.3, -0.25) is 4.57 Å². The molecule has 8 bridgehead atoms. The van der Waals surface area contributed by atoms with E-state index < -0.39 is 5.41 Å². The molecule has 0 unspecified atom stereocenters. The highest BCUT2D eigenvalue weighted by Gasteiger charge is 2.42. The van der Waals surface area contributed by atoms with Crippen LogP contribution < -0.4 is 0 Å². The lowest BCUT2D eigenvalue weighted by Crippen LogP contribution is -2.31. The van der Waals surface area contributed by atoms with Gasteiger partial charge >= 0.3 is 0 Å². The molecule has 28 aromatic rings. The zero-order chi connectivity index (χ0) is 91.1. The number of hydrogen-bond donors (Lipinski definition) is 0. The van der Waals surface area contributed by atoms with Gasteiger partial charge in [0.05, 0.1) is 83.0 Å². The van der Waals surface area contributed by atoms with Crippen LogP contribution in [0.5, 0.6) is 0 Å². The second kappa shape index (κ2) is 30.8. The van der Waals surface area contributed by atoms with E-state index in [1.54, 1.807) is 0 Å². The van der Waals surface area contributed by atoms with E-state index in [0.29, 0.717) is 5.95 Å². The number of rotatable bonds is 12. The molecule has 0 atom stereocenters. The molecule has 0 amide bonds. The van der Waals surface area contributed by atoms with Gasteiger partial charge in [-0.05, 0) is 266 Å². The molecule has 1 aliphatic heterocycles. The van der Waals surface area contributed by atoms with Crippen LogP contribution in [0.25, 0.3) is 243 Å². The van der Waals surface area contributed by atoms with Crippen molar-refractivity contribution in [3.8, 4) is 113 Å². The molecule has 29 rings (SSSR count). The van der Waals surface area contributed by atoms with Gasteiger partial charge in [-0.2, -0.15) is 0 Å². The minimum Gasteiger partial charge on any atom is -0.309 e. The topological polar surface area (TPSA) is 55.4 Å². The highest BCUT2D eigenvalue weighted by Crippen LogP contribution is 2.53. The number of nitrogens with zero attached hydrogens (tertiary/aromatic N) is 8. The van der Waals surface area contributed by atoms with E-state index in [-0.39, 0.29) is 0 Å². The molecule has 21 aromatic carbocycles. The third-order valence-electron chi connectivity index (χ3n) is 29.6. The first-order valence-corrected chi connectivity index (χ1v) is 47.8. The van der Waals surface area contributed by atoms with E-state index in [2.05, 4.69) is 525 Å². The van der Waals surface area contributed by atoms with Gasteiger partial charge in [-0.1, -0.05) is 309 Å². The molecule has 7 aromatic heterocycles. The average Bonchev–Trinajstić information content (AvgIpc) is 1.59. The van der Waals surface area contributed by atoms with E-state index in [1.165, 1.54) is 27.1 Å². The van der Waals surface area contributed by atoms with E-state index >= 15 is 0 Å². The molecule has 0 spiro atoms. The van der Waals surface area contributed by atoms with Gasteiger partial charge in [-0.25, -0.2) is 9.97 Å². The Morgan fingerprint density at radius 3 is 0.806 bits per heavy atom. The van der Waals surface area contributed by atoms with Crippen LogP contribution in [0.4, 0.5) is 0 Å². The van der Waals surface area contributed by atoms with Crippen molar-refractivity contribution in [2.45, 2.75) is 5.41 Å². The molecule has 8 heterocycles. The van der Waals surface area contributed by atoms with Crippen molar-refractivity contribution in [1.29, 1.82) is 0 Å². The molecule has 0 radical (unpaired) electrons. The maximum absolute atomic E-state index is 6.14. The molecule has 0 saturated heterocycles. The van der Waals surface area contributed by atoms with Gasteiger partial charge in [0.15, 0.2) is 0 Å². The van der Waals surface area contributed by atoms with Crippen LogP contribution in [0.15, 0.2) is 497 Å². The molecule has 139 heavy (non-hydrogen) atoms. The summed E-state index contributed by atoms with van der Waals surface area (Å²) in [6.07, 6.45) is 0. The zero-order valence-corrected chi connectivity index (χ0v) is 75.4. The Kier molecular flexibility index (Phi) is 17.3. The van der Waals surface area contributed by atoms with Gasteiger partial charge in [-0.15, -0.1) is 0 Å². The first-order valence-electron chi connectivity index (χ1n) is 47.8. The first kappa shape index (κ1) is 78.0. The Morgan fingerprint density at radius 2 is 0.381 bits per heavy atom. The Morgan fingerprint density at radius 1 is 0.129 bits per heavy atom. The molecular weight excluding hydrogens is 1690 g/mol. The molecule has 8 heteroatoms. The van der Waals surface area contributed by atoms with E-state index in [4.69, 9.17) is 9.97 Å². The lowest BCUT2D eigenvalue weighted by molar-refractivity contribution is 0.749. The minimum atomic E-state index is -1.15. The molecule has 1 aliphatic rings. The predicted octanol–water partition coefficient (Wildman–Crippen LogP) is 33.4. The van der Waals surface area contributed by atoms with E-state index in [1.807, 2.05) is 0 Å². The number of para-hydroxylation sites is 8. The van der Waals surface area contributed by atoms with Crippen molar-refractivity contribution in [2.24, 2.45) is 0 Å². The van der Waals surface area contributed by atoms with Gasteiger partial charge in [0.1, 0.15) is 0 Å². The smallest absolute Gasteiger partial charge is 0.235 e. The predicted molar refractivity (Wildman–Crippen MR) is 578 cm³/mol. The average molecular weight is 1770 g/mol. The highest BCUT2D eigenvalue weighted by atomic mass is 15.2. The van der Waals surface area contributed by atoms with Crippen LogP contribution in [0, 0.1) is 0 Å². The third-order valence-corrected chi connectivity index (χ3v) is 29.6. The van der Waals surface area contributed by atoms with Crippen molar-refractivity contribution in [3.63, 3.8) is 0 Å². The van der Waals surface area contributed by atoms with E-state index in [9.17, 15) is 0 Å². The van der Waals surface area contributed by atoms with Gasteiger partial charge in [0.2, 0.25) is 5.95 Å². The number of aromatic nitrogens is 8. The van der Waals surface area contributed by atoms with Crippen molar-refractivity contribution < 1.29 is 0 Å². The highest BCUT2D eigenvalue weighted by molar-refractivity contribution is 6.17. The summed E-state index contributed by atoms with van der Waals surface area (Å²) in [5.74, 6) is 0.532. The van der Waals surface area contributed by atoms with Crippen LogP contribution >= 0.6 is 0 Å². The number of hydrogen-bond acceptors (Lipinski definition) is 2. The summed E-state index contributed by atoms with van der Waals surface area (Å²) in [6, 6.07) is 186. The fourth-order valence-electron chi connectivity index (χ4n) is 23.4. The van der Waals surface area contributed by atoms with Crippen molar-refractivity contribution >= 4 is 131 Å². The summed E-state index contributed by atoms with van der Waals surface area (Å²) in [5.41, 5.74) is 36.3. The molecule has 646 valence electrons. The van der Waals surface area contributed by atoms with Crippen LogP contribution in [0.2, 0.25) is 0 Å². The van der Waals surface area contributed by atoms with Crippen molar-refractivity contribution in [3.05, 3.63) is 520 Å². The number of benzene rings is 21. The lowest BCUT2D eigenvalue weighted by atomic mass is 9.64. The second-order valence-electron chi connectivity index (χ2n) is 37.1. The van der Waals surface area contributed by atoms with Gasteiger partial charge in [0, 0.05) is 104 Å². The van der Waals surface area contributed by atoms with Crippen LogP contribution in [0.3, 0.4) is 0 Å². The summed E-state index contributed by atoms with van der Waals surface area (Å²) in [4.78, 5) is 12.3. The summed E-state index contributed by atoms with van der Waals surface area (Å²) < 4.78 is 14.6. The maximum atomic E-state index is 6.14. The molecular formula is C131H82N8. The molecule has 8 nitrogen and oxygen atoms in total. The largest absolute Gasteiger partial charge is 0.309 e. The molecule has 0 N–H and O–H groups in total. The fourth-order valence-corrected chi connectivity index (χ4v) is 23.4. The van der Waals surface area contributed by atoms with Crippen molar-refractivity contribution in [2.75, 3.05) is 0 Å². The van der Waals surface area contributed by atoms with Gasteiger partial charge in [0.25, 0.3) is 0 Å². The zero-order valence-electron chi connectivity index (χ0n) is 75.4. The van der Waals surface area contributed by atoms with Gasteiger partial charge < -0.3 is 22.8 Å². The summed E-state index contributed by atoms with van der Waals surface area (Å²) in [6.45, 7) is 0.